The van der Waals surface area contributed by atoms with Gasteiger partial charge in [-0.25, -0.2) is 0 Å². The first kappa shape index (κ1) is 13.4. The summed E-state index contributed by atoms with van der Waals surface area (Å²) < 4.78 is 4.92. The number of hydrogen-bond donors (Lipinski definition) is 2. The molecule has 1 aromatic rings. The zero-order valence-corrected chi connectivity index (χ0v) is 11.5. The topological polar surface area (TPSA) is 50.4 Å². The molecular formula is C13H18N2O2S. The largest absolute Gasteiger partial charge is 0.370 e. The van der Waals surface area contributed by atoms with Gasteiger partial charge in [-0.3, -0.25) is 10.1 Å². The van der Waals surface area contributed by atoms with Gasteiger partial charge in [0, 0.05) is 18.6 Å². The molecule has 2 N–H and O–H groups in total. The fourth-order valence-electron chi connectivity index (χ4n) is 1.82. The third-order valence-corrected chi connectivity index (χ3v) is 3.99. The number of ether oxygens (including phenoxy) is 1. The number of carbonyl (C=O) groups is 1. The van der Waals surface area contributed by atoms with Crippen LogP contribution in [0.25, 0.3) is 0 Å². The lowest BCUT2D eigenvalue weighted by atomic mass is 10.1. The van der Waals surface area contributed by atoms with Gasteiger partial charge in [0.25, 0.3) is 0 Å². The maximum absolute atomic E-state index is 11.6. The van der Waals surface area contributed by atoms with Gasteiger partial charge in [0.15, 0.2) is 0 Å². The van der Waals surface area contributed by atoms with Gasteiger partial charge in [-0.1, -0.05) is 6.07 Å². The fourth-order valence-corrected chi connectivity index (χ4v) is 2.75. The summed E-state index contributed by atoms with van der Waals surface area (Å²) in [6, 6.07) is 6.26. The Hall–Kier alpha value is -1.04. The molecule has 0 bridgehead atoms. The molecule has 0 fully saturated rings. The molecule has 0 spiro atoms. The summed E-state index contributed by atoms with van der Waals surface area (Å²) in [5.74, 6) is 0.0853. The monoisotopic (exact) mass is 266 g/mol. The van der Waals surface area contributed by atoms with Crippen LogP contribution in [0.3, 0.4) is 0 Å². The summed E-state index contributed by atoms with van der Waals surface area (Å²) in [6.45, 7) is 3.35. The number of anilines is 1. The van der Waals surface area contributed by atoms with Gasteiger partial charge in [0.2, 0.25) is 5.91 Å². The first-order chi connectivity index (χ1) is 8.70. The minimum atomic E-state index is -0.00767. The van der Waals surface area contributed by atoms with Gasteiger partial charge < -0.3 is 10.1 Å². The lowest BCUT2D eigenvalue weighted by molar-refractivity contribution is -0.115. The molecule has 0 aliphatic carbocycles. The van der Waals surface area contributed by atoms with Gasteiger partial charge in [-0.2, -0.15) is 0 Å². The molecule has 2 rings (SSSR count). The van der Waals surface area contributed by atoms with Crippen LogP contribution in [0.1, 0.15) is 12.5 Å². The molecule has 4 nitrogen and oxygen atoms in total. The molecule has 1 atom stereocenters. The van der Waals surface area contributed by atoms with Crippen molar-refractivity contribution in [2.75, 3.05) is 25.7 Å². The van der Waals surface area contributed by atoms with E-state index >= 15 is 0 Å². The molecule has 18 heavy (non-hydrogen) atoms. The maximum Gasteiger partial charge on any atom is 0.237 e. The fraction of sp³-hybridized carbons (Fsp3) is 0.462. The predicted molar refractivity (Wildman–Crippen MR) is 74.0 cm³/mol. The Labute approximate surface area is 111 Å². The number of methoxy groups -OCH3 is 1. The zero-order valence-electron chi connectivity index (χ0n) is 10.7. The van der Waals surface area contributed by atoms with Gasteiger partial charge in [-0.05, 0) is 31.0 Å². The SMILES string of the molecule is COCNCCc1ccc2c(c1)NC(=O)C(C)S2. The van der Waals surface area contributed by atoms with Crippen molar-refractivity contribution in [3.63, 3.8) is 0 Å². The molecule has 1 aromatic carbocycles. The number of rotatable bonds is 5. The lowest BCUT2D eigenvalue weighted by Crippen LogP contribution is -2.26. The zero-order chi connectivity index (χ0) is 13.0. The van der Waals surface area contributed by atoms with E-state index in [0.29, 0.717) is 6.73 Å². The van der Waals surface area contributed by atoms with Crippen molar-refractivity contribution < 1.29 is 9.53 Å². The quantitative estimate of drug-likeness (QED) is 0.631. The van der Waals surface area contributed by atoms with Crippen LogP contribution < -0.4 is 10.6 Å². The van der Waals surface area contributed by atoms with E-state index in [9.17, 15) is 4.79 Å². The van der Waals surface area contributed by atoms with Crippen LogP contribution in [-0.2, 0) is 16.0 Å². The number of amides is 1. The molecule has 0 saturated heterocycles. The molecule has 5 heteroatoms. The Bertz CT molecular complexity index is 437. The average Bonchev–Trinajstić information content (AvgIpc) is 2.36. The minimum Gasteiger partial charge on any atom is -0.370 e. The van der Waals surface area contributed by atoms with Crippen molar-refractivity contribution >= 4 is 23.4 Å². The molecule has 0 aromatic heterocycles. The normalized spacial score (nSPS) is 18.3. The highest BCUT2D eigenvalue weighted by Gasteiger charge is 2.22. The highest BCUT2D eigenvalue weighted by molar-refractivity contribution is 8.00. The lowest BCUT2D eigenvalue weighted by Gasteiger charge is -2.21. The molecule has 1 aliphatic rings. The number of thioether (sulfide) groups is 1. The Morgan fingerprint density at radius 2 is 2.33 bits per heavy atom. The van der Waals surface area contributed by atoms with Gasteiger partial charge in [0.05, 0.1) is 17.7 Å². The number of carbonyl (C=O) groups excluding carboxylic acids is 1. The van der Waals surface area contributed by atoms with Crippen LogP contribution in [0.5, 0.6) is 0 Å². The van der Waals surface area contributed by atoms with Crippen LogP contribution in [0.2, 0.25) is 0 Å². The summed E-state index contributed by atoms with van der Waals surface area (Å²) in [6.07, 6.45) is 0.923. The van der Waals surface area contributed by atoms with Crippen LogP contribution in [0.4, 0.5) is 5.69 Å². The van der Waals surface area contributed by atoms with E-state index in [0.717, 1.165) is 23.5 Å². The number of hydrogen-bond acceptors (Lipinski definition) is 4. The van der Waals surface area contributed by atoms with Crippen molar-refractivity contribution in [2.45, 2.75) is 23.5 Å². The average molecular weight is 266 g/mol. The Kier molecular flexibility index (Phi) is 4.63. The van der Waals surface area contributed by atoms with Crippen molar-refractivity contribution in [1.29, 1.82) is 0 Å². The van der Waals surface area contributed by atoms with Crippen LogP contribution in [0, 0.1) is 0 Å². The molecule has 1 unspecified atom stereocenters. The number of benzene rings is 1. The summed E-state index contributed by atoms with van der Waals surface area (Å²) in [5.41, 5.74) is 2.15. The first-order valence-electron chi connectivity index (χ1n) is 6.01. The molecule has 98 valence electrons. The second-order valence-corrected chi connectivity index (χ2v) is 5.65. The summed E-state index contributed by atoms with van der Waals surface area (Å²) in [7, 11) is 1.67. The van der Waals surface area contributed by atoms with Crippen LogP contribution >= 0.6 is 11.8 Å². The first-order valence-corrected chi connectivity index (χ1v) is 6.89. The summed E-state index contributed by atoms with van der Waals surface area (Å²) in [5, 5.41) is 6.10. The third-order valence-electron chi connectivity index (χ3n) is 2.81. The Morgan fingerprint density at radius 3 is 3.11 bits per heavy atom. The van der Waals surface area contributed by atoms with E-state index in [2.05, 4.69) is 28.8 Å². The molecule has 1 heterocycles. The van der Waals surface area contributed by atoms with Gasteiger partial charge >= 0.3 is 0 Å². The smallest absolute Gasteiger partial charge is 0.237 e. The highest BCUT2D eigenvalue weighted by atomic mass is 32.2. The highest BCUT2D eigenvalue weighted by Crippen LogP contribution is 2.35. The van der Waals surface area contributed by atoms with E-state index in [1.807, 2.05) is 6.92 Å². The number of nitrogens with one attached hydrogen (secondary N) is 2. The van der Waals surface area contributed by atoms with Crippen molar-refractivity contribution in [2.24, 2.45) is 0 Å². The second kappa shape index (κ2) is 6.22. The minimum absolute atomic E-state index is 0.00767. The van der Waals surface area contributed by atoms with Crippen molar-refractivity contribution in [3.8, 4) is 0 Å². The van der Waals surface area contributed by atoms with E-state index in [1.54, 1.807) is 18.9 Å². The second-order valence-electron chi connectivity index (χ2n) is 4.26. The van der Waals surface area contributed by atoms with E-state index in [4.69, 9.17) is 4.74 Å². The van der Waals surface area contributed by atoms with E-state index in [1.165, 1.54) is 5.56 Å². The molecule has 1 amide bonds. The predicted octanol–water partition coefficient (Wildman–Crippen LogP) is 1.86. The molecule has 0 saturated carbocycles. The van der Waals surface area contributed by atoms with Crippen molar-refractivity contribution in [3.05, 3.63) is 23.8 Å². The third kappa shape index (κ3) is 3.25. The number of fused-ring (bicyclic) bond motifs is 1. The van der Waals surface area contributed by atoms with Gasteiger partial charge in [0.1, 0.15) is 0 Å². The molecular weight excluding hydrogens is 248 g/mol. The molecule has 1 aliphatic heterocycles. The van der Waals surface area contributed by atoms with Crippen LogP contribution in [0.15, 0.2) is 23.1 Å². The Balaban J connectivity index is 1.99. The van der Waals surface area contributed by atoms with Crippen LogP contribution in [-0.4, -0.2) is 31.5 Å². The van der Waals surface area contributed by atoms with E-state index in [-0.39, 0.29) is 11.2 Å². The van der Waals surface area contributed by atoms with Gasteiger partial charge in [-0.15, -0.1) is 11.8 Å². The summed E-state index contributed by atoms with van der Waals surface area (Å²) in [4.78, 5) is 12.8. The standard InChI is InChI=1S/C13H18N2O2S/c1-9-13(16)15-11-7-10(3-4-12(11)18-9)5-6-14-8-17-2/h3-4,7,9,14H,5-6,8H2,1-2H3,(H,15,16). The van der Waals surface area contributed by atoms with Crippen molar-refractivity contribution in [1.82, 2.24) is 5.32 Å². The summed E-state index contributed by atoms with van der Waals surface area (Å²) >= 11 is 1.61. The maximum atomic E-state index is 11.6. The molecule has 0 radical (unpaired) electrons. The van der Waals surface area contributed by atoms with E-state index < -0.39 is 0 Å². The Morgan fingerprint density at radius 1 is 1.50 bits per heavy atom.